The first-order chi connectivity index (χ1) is 12.4. The van der Waals surface area contributed by atoms with Gasteiger partial charge < -0.3 is 14.6 Å². The number of ether oxygens (including phenoxy) is 2. The molecule has 2 amide bonds. The van der Waals surface area contributed by atoms with Crippen LogP contribution in [0.2, 0.25) is 0 Å². The number of hydrogen-bond acceptors (Lipinski definition) is 6. The number of fused-ring (bicyclic) bond motifs is 5. The number of hydrogen-bond donors (Lipinski definition) is 1. The third-order valence-electron chi connectivity index (χ3n) is 5.44. The van der Waals surface area contributed by atoms with Gasteiger partial charge in [-0.15, -0.1) is 0 Å². The first-order valence-electron chi connectivity index (χ1n) is 8.53. The van der Waals surface area contributed by atoms with Gasteiger partial charge in [-0.25, -0.2) is 9.69 Å². The molecule has 4 rings (SSSR count). The van der Waals surface area contributed by atoms with Crippen LogP contribution in [0.15, 0.2) is 36.4 Å². The molecule has 7 nitrogen and oxygen atoms in total. The molecule has 4 atom stereocenters. The molecule has 1 aromatic carbocycles. The molecule has 0 aromatic heterocycles. The van der Waals surface area contributed by atoms with E-state index >= 15 is 0 Å². The molecule has 3 heterocycles. The number of aliphatic hydroxyl groups excluding tert-OH is 1. The van der Waals surface area contributed by atoms with E-state index in [1.54, 1.807) is 38.1 Å². The minimum absolute atomic E-state index is 0.266. The Balaban J connectivity index is 1.67. The molecule has 0 aliphatic carbocycles. The number of rotatable bonds is 4. The maximum Gasteiger partial charge on any atom is 0.338 e. The number of amides is 2. The maximum atomic E-state index is 13.0. The zero-order chi connectivity index (χ0) is 18.7. The van der Waals surface area contributed by atoms with E-state index < -0.39 is 34.9 Å². The Bertz CT molecular complexity index is 831. The lowest BCUT2D eigenvalue weighted by atomic mass is 9.73. The molecular formula is C19H19NO6. The van der Waals surface area contributed by atoms with Crippen LogP contribution in [0.25, 0.3) is 0 Å². The Kier molecular flexibility index (Phi) is 3.58. The number of carbonyl (C=O) groups is 3. The molecule has 0 unspecified atom stereocenters. The lowest BCUT2D eigenvalue weighted by Gasteiger charge is -2.27. The van der Waals surface area contributed by atoms with Crippen molar-refractivity contribution < 1.29 is 29.0 Å². The summed E-state index contributed by atoms with van der Waals surface area (Å²) >= 11 is 0. The number of aliphatic hydroxyl groups is 1. The smallest absolute Gasteiger partial charge is 0.338 e. The highest BCUT2D eigenvalue weighted by Gasteiger charge is 2.72. The molecular weight excluding hydrogens is 338 g/mol. The average Bonchev–Trinajstić information content (AvgIpc) is 3.21. The summed E-state index contributed by atoms with van der Waals surface area (Å²) in [4.78, 5) is 38.9. The van der Waals surface area contributed by atoms with Crippen LogP contribution in [-0.4, -0.2) is 47.3 Å². The Morgan fingerprint density at radius 2 is 1.85 bits per heavy atom. The Morgan fingerprint density at radius 3 is 2.46 bits per heavy atom. The summed E-state index contributed by atoms with van der Waals surface area (Å²) in [6.45, 7) is 3.37. The molecule has 0 spiro atoms. The summed E-state index contributed by atoms with van der Waals surface area (Å²) in [5, 5.41) is 9.80. The van der Waals surface area contributed by atoms with E-state index in [2.05, 4.69) is 0 Å². The highest BCUT2D eigenvalue weighted by Crippen LogP contribution is 2.57. The van der Waals surface area contributed by atoms with Crippen LogP contribution in [0.3, 0.4) is 0 Å². The van der Waals surface area contributed by atoms with Crippen LogP contribution >= 0.6 is 0 Å². The summed E-state index contributed by atoms with van der Waals surface area (Å²) in [5.74, 6) is -2.63. The molecule has 2 saturated heterocycles. The van der Waals surface area contributed by atoms with Crippen molar-refractivity contribution in [3.05, 3.63) is 42.0 Å². The number of esters is 1. The average molecular weight is 357 g/mol. The van der Waals surface area contributed by atoms with Gasteiger partial charge in [-0.05, 0) is 38.1 Å². The van der Waals surface area contributed by atoms with Crippen molar-refractivity contribution >= 4 is 23.5 Å². The summed E-state index contributed by atoms with van der Waals surface area (Å²) in [7, 11) is 0. The SMILES string of the molecule is CCOC(=O)c1ccc(N2C(=O)[C@@H]3[C@H](C2=O)[C@@]2(CO)C=C[C@@]3(C)O2)cc1. The van der Waals surface area contributed by atoms with Crippen LogP contribution < -0.4 is 4.90 Å². The van der Waals surface area contributed by atoms with Gasteiger partial charge in [-0.1, -0.05) is 12.2 Å². The van der Waals surface area contributed by atoms with E-state index in [1.807, 2.05) is 0 Å². The topological polar surface area (TPSA) is 93.1 Å². The van der Waals surface area contributed by atoms with E-state index in [0.29, 0.717) is 11.3 Å². The van der Waals surface area contributed by atoms with E-state index in [1.165, 1.54) is 12.1 Å². The second-order valence-electron chi connectivity index (χ2n) is 6.97. The Hall–Kier alpha value is -2.51. The van der Waals surface area contributed by atoms with Gasteiger partial charge >= 0.3 is 5.97 Å². The van der Waals surface area contributed by atoms with E-state index in [9.17, 15) is 19.5 Å². The minimum Gasteiger partial charge on any atom is -0.462 e. The predicted molar refractivity (Wildman–Crippen MR) is 90.3 cm³/mol. The Morgan fingerprint density at radius 1 is 1.19 bits per heavy atom. The molecule has 26 heavy (non-hydrogen) atoms. The largest absolute Gasteiger partial charge is 0.462 e. The van der Waals surface area contributed by atoms with Crippen molar-refractivity contribution in [2.45, 2.75) is 25.0 Å². The van der Waals surface area contributed by atoms with Crippen molar-refractivity contribution in [2.75, 3.05) is 18.1 Å². The highest BCUT2D eigenvalue weighted by atomic mass is 16.5. The molecule has 0 radical (unpaired) electrons. The normalized spacial score (nSPS) is 34.5. The summed E-state index contributed by atoms with van der Waals surface area (Å²) in [6.07, 6.45) is 3.44. The molecule has 2 fully saturated rings. The number of benzene rings is 1. The molecule has 3 aliphatic rings. The summed E-state index contributed by atoms with van der Waals surface area (Å²) in [5.41, 5.74) is -1.32. The lowest BCUT2D eigenvalue weighted by Crippen LogP contribution is -2.43. The predicted octanol–water partition coefficient (Wildman–Crippen LogP) is 1.06. The number of anilines is 1. The van der Waals surface area contributed by atoms with E-state index in [4.69, 9.17) is 9.47 Å². The monoisotopic (exact) mass is 357 g/mol. The van der Waals surface area contributed by atoms with Crippen molar-refractivity contribution in [1.82, 2.24) is 0 Å². The minimum atomic E-state index is -1.15. The fourth-order valence-corrected chi connectivity index (χ4v) is 4.26. The Labute approximate surface area is 150 Å². The van der Waals surface area contributed by atoms with Gasteiger partial charge in [0.05, 0.1) is 41.9 Å². The fourth-order valence-electron chi connectivity index (χ4n) is 4.26. The van der Waals surface area contributed by atoms with Gasteiger partial charge in [-0.2, -0.15) is 0 Å². The maximum absolute atomic E-state index is 13.0. The van der Waals surface area contributed by atoms with Gasteiger partial charge in [0.15, 0.2) is 0 Å². The molecule has 1 N–H and O–H groups in total. The third kappa shape index (κ3) is 2.04. The quantitative estimate of drug-likeness (QED) is 0.492. The zero-order valence-electron chi connectivity index (χ0n) is 14.5. The van der Waals surface area contributed by atoms with Crippen LogP contribution in [0.5, 0.6) is 0 Å². The first kappa shape index (κ1) is 16.9. The van der Waals surface area contributed by atoms with E-state index in [0.717, 1.165) is 4.90 Å². The number of carbonyl (C=O) groups excluding carboxylic acids is 3. The van der Waals surface area contributed by atoms with Gasteiger partial charge in [0.1, 0.15) is 5.60 Å². The molecule has 1 aromatic rings. The molecule has 7 heteroatoms. The molecule has 3 aliphatic heterocycles. The number of nitrogens with zero attached hydrogens (tertiary/aromatic N) is 1. The molecule has 2 bridgehead atoms. The summed E-state index contributed by atoms with van der Waals surface area (Å²) < 4.78 is 10.8. The first-order valence-corrected chi connectivity index (χ1v) is 8.53. The van der Waals surface area contributed by atoms with Crippen LogP contribution in [0.4, 0.5) is 5.69 Å². The van der Waals surface area contributed by atoms with Crippen molar-refractivity contribution in [3.8, 4) is 0 Å². The standard InChI is InChI=1S/C19H19NO6/c1-3-25-17(24)11-4-6-12(7-5-11)20-15(22)13-14(16(20)23)19(10-21)9-8-18(13,2)26-19/h4-9,13-14,21H,3,10H2,1-2H3/t13-,14+,18+,19-/m0/s1. The molecule has 0 saturated carbocycles. The zero-order valence-corrected chi connectivity index (χ0v) is 14.5. The van der Waals surface area contributed by atoms with Crippen molar-refractivity contribution in [1.29, 1.82) is 0 Å². The fraction of sp³-hybridized carbons (Fsp3) is 0.421. The highest BCUT2D eigenvalue weighted by molar-refractivity contribution is 6.23. The van der Waals surface area contributed by atoms with Crippen LogP contribution in [0, 0.1) is 11.8 Å². The number of imide groups is 1. The van der Waals surface area contributed by atoms with E-state index in [-0.39, 0.29) is 19.1 Å². The van der Waals surface area contributed by atoms with Gasteiger partial charge in [-0.3, -0.25) is 9.59 Å². The van der Waals surface area contributed by atoms with Crippen molar-refractivity contribution in [2.24, 2.45) is 11.8 Å². The lowest BCUT2D eigenvalue weighted by molar-refractivity contribution is -0.131. The van der Waals surface area contributed by atoms with Gasteiger partial charge in [0, 0.05) is 0 Å². The second-order valence-corrected chi connectivity index (χ2v) is 6.97. The van der Waals surface area contributed by atoms with Crippen LogP contribution in [0.1, 0.15) is 24.2 Å². The van der Waals surface area contributed by atoms with Crippen molar-refractivity contribution in [3.63, 3.8) is 0 Å². The van der Waals surface area contributed by atoms with Gasteiger partial charge in [0.25, 0.3) is 0 Å². The molecule has 136 valence electrons. The summed E-state index contributed by atoms with van der Waals surface area (Å²) in [6, 6.07) is 6.14. The second kappa shape index (κ2) is 5.49. The van der Waals surface area contributed by atoms with Gasteiger partial charge in [0.2, 0.25) is 11.8 Å². The third-order valence-corrected chi connectivity index (χ3v) is 5.44. The van der Waals surface area contributed by atoms with Crippen LogP contribution in [-0.2, 0) is 19.1 Å².